The van der Waals surface area contributed by atoms with Crippen LogP contribution in [0.15, 0.2) is 11.6 Å². The summed E-state index contributed by atoms with van der Waals surface area (Å²) in [6, 6.07) is 0. The normalized spacial score (nSPS) is 47.3. The molecule has 0 aliphatic heterocycles. The smallest absolute Gasteiger partial charge is 0.0609 e. The molecule has 4 aliphatic rings. The molecule has 3 saturated carbocycles. The van der Waals surface area contributed by atoms with Gasteiger partial charge in [-0.15, -0.1) is 0 Å². The molecular weight excluding hydrogens is 410 g/mol. The Labute approximate surface area is 204 Å². The maximum Gasteiger partial charge on any atom is 0.0609 e. The summed E-state index contributed by atoms with van der Waals surface area (Å²) in [5, 5.41) is 0. The number of nitrogens with two attached hydrogens (primary N) is 1. The minimum Gasteiger partial charge on any atom is -0.381 e. The summed E-state index contributed by atoms with van der Waals surface area (Å²) >= 11 is 4.77. The van der Waals surface area contributed by atoms with E-state index in [1.807, 2.05) is 7.11 Å². The Morgan fingerprint density at radius 3 is 2.50 bits per heavy atom. The van der Waals surface area contributed by atoms with Crippen molar-refractivity contribution >= 4 is 12.6 Å². The largest absolute Gasteiger partial charge is 0.381 e. The maximum absolute atomic E-state index is 7.56. The van der Waals surface area contributed by atoms with Crippen LogP contribution in [0.5, 0.6) is 0 Å². The van der Waals surface area contributed by atoms with E-state index in [0.717, 1.165) is 24.7 Å². The minimum atomic E-state index is -0.0372. The van der Waals surface area contributed by atoms with E-state index in [2.05, 4.69) is 47.6 Å². The second-order valence-electron chi connectivity index (χ2n) is 13.6. The van der Waals surface area contributed by atoms with Gasteiger partial charge in [0.2, 0.25) is 0 Å². The quantitative estimate of drug-likeness (QED) is 0.316. The Hall–Kier alpha value is 0.01000. The first-order valence-corrected chi connectivity index (χ1v) is 14.0. The Kier molecular flexibility index (Phi) is 6.51. The number of ether oxygens (including phenoxy) is 1. The van der Waals surface area contributed by atoms with Gasteiger partial charge < -0.3 is 10.5 Å². The first kappa shape index (κ1) is 25.1. The second-order valence-corrected chi connectivity index (χ2v) is 14.8. The van der Waals surface area contributed by atoms with Crippen molar-refractivity contribution in [2.45, 2.75) is 129 Å². The van der Waals surface area contributed by atoms with Crippen LogP contribution in [0.3, 0.4) is 0 Å². The molecule has 32 heavy (non-hydrogen) atoms. The maximum atomic E-state index is 7.56. The molecule has 4 rings (SSSR count). The molecule has 3 fully saturated rings. The lowest BCUT2D eigenvalue weighted by molar-refractivity contribution is -0.103. The van der Waals surface area contributed by atoms with Gasteiger partial charge in [0.15, 0.2) is 0 Å². The number of fused-ring (bicyclic) bond motifs is 5. The van der Waals surface area contributed by atoms with Crippen molar-refractivity contribution in [3.63, 3.8) is 0 Å². The molecule has 0 radical (unpaired) electrons. The molecule has 0 amide bonds. The van der Waals surface area contributed by atoms with Crippen LogP contribution in [0.2, 0.25) is 0 Å². The molecule has 4 unspecified atom stereocenters. The SMILES string of the molecule is COC1CCC2(C)C(=CCC3[C@@H]4CC[C@](C)([C@@H](C)CCCC(C)(C)S)C4(C)CC[C@@]32N)C1. The zero-order chi connectivity index (χ0) is 23.6. The van der Waals surface area contributed by atoms with E-state index in [4.69, 9.17) is 23.1 Å². The summed E-state index contributed by atoms with van der Waals surface area (Å²) in [7, 11) is 1.88. The molecule has 2 nitrogen and oxygen atoms in total. The highest BCUT2D eigenvalue weighted by atomic mass is 32.1. The molecule has 4 aliphatic carbocycles. The third-order valence-corrected chi connectivity index (χ3v) is 12.1. The average Bonchev–Trinajstić information content (AvgIpc) is 2.99. The minimum absolute atomic E-state index is 0.0372. The number of methoxy groups -OCH3 is 1. The van der Waals surface area contributed by atoms with Crippen LogP contribution in [0.25, 0.3) is 0 Å². The number of thiol groups is 1. The van der Waals surface area contributed by atoms with Gasteiger partial charge in [-0.1, -0.05) is 66.0 Å². The number of hydrogen-bond donors (Lipinski definition) is 2. The summed E-state index contributed by atoms with van der Waals surface area (Å²) < 4.78 is 5.91. The van der Waals surface area contributed by atoms with Crippen LogP contribution >= 0.6 is 12.6 Å². The van der Waals surface area contributed by atoms with Gasteiger partial charge in [-0.2, -0.15) is 12.6 Å². The number of rotatable bonds is 6. The van der Waals surface area contributed by atoms with Crippen LogP contribution in [0.1, 0.15) is 112 Å². The van der Waals surface area contributed by atoms with Crippen LogP contribution in [0.4, 0.5) is 0 Å². The molecule has 2 N–H and O–H groups in total. The Balaban J connectivity index is 1.56. The van der Waals surface area contributed by atoms with Crippen molar-refractivity contribution in [2.75, 3.05) is 7.11 Å². The van der Waals surface area contributed by atoms with Crippen LogP contribution in [-0.2, 0) is 4.74 Å². The van der Waals surface area contributed by atoms with Gasteiger partial charge in [-0.3, -0.25) is 0 Å². The van der Waals surface area contributed by atoms with Crippen LogP contribution in [-0.4, -0.2) is 23.5 Å². The molecule has 8 atom stereocenters. The standard InChI is InChI=1S/C29H51NOS/c1-20(9-8-14-25(2,3)32)26(4)16-13-23-24-11-10-21-19-22(31-7)12-15-27(21,5)29(24,30)18-17-28(23,26)6/h10,20,22-24,32H,8-9,11-19,30H2,1-7H3/t20-,22?,23-,24?,26+,27?,28?,29+/m0/s1. The Morgan fingerprint density at radius 1 is 1.12 bits per heavy atom. The molecule has 0 bridgehead atoms. The zero-order valence-corrected chi connectivity index (χ0v) is 23.0. The number of allylic oxidation sites excluding steroid dienone is 1. The molecule has 0 heterocycles. The highest BCUT2D eigenvalue weighted by Gasteiger charge is 2.67. The fraction of sp³-hybridized carbons (Fsp3) is 0.931. The topological polar surface area (TPSA) is 35.2 Å². The fourth-order valence-electron chi connectivity index (χ4n) is 9.13. The van der Waals surface area contributed by atoms with Crippen molar-refractivity contribution in [1.82, 2.24) is 0 Å². The molecule has 0 spiro atoms. The van der Waals surface area contributed by atoms with Crippen molar-refractivity contribution in [1.29, 1.82) is 0 Å². The van der Waals surface area contributed by atoms with E-state index in [1.165, 1.54) is 57.8 Å². The van der Waals surface area contributed by atoms with Crippen molar-refractivity contribution in [3.8, 4) is 0 Å². The van der Waals surface area contributed by atoms with Gasteiger partial charge in [-0.25, -0.2) is 0 Å². The van der Waals surface area contributed by atoms with Crippen molar-refractivity contribution in [3.05, 3.63) is 11.6 Å². The molecule has 0 saturated heterocycles. The third-order valence-electron chi connectivity index (χ3n) is 11.9. The summed E-state index contributed by atoms with van der Waals surface area (Å²) in [5.74, 6) is 2.17. The lowest BCUT2D eigenvalue weighted by atomic mass is 9.42. The summed E-state index contributed by atoms with van der Waals surface area (Å²) in [6.07, 6.45) is 16.7. The first-order valence-electron chi connectivity index (χ1n) is 13.5. The first-order chi connectivity index (χ1) is 14.8. The second kappa shape index (κ2) is 8.30. The van der Waals surface area contributed by atoms with Gasteiger partial charge in [0.05, 0.1) is 6.10 Å². The summed E-state index contributed by atoms with van der Waals surface area (Å²) in [6.45, 7) is 14.9. The molecular formula is C29H51NOS. The molecule has 0 aromatic rings. The van der Waals surface area contributed by atoms with E-state index < -0.39 is 0 Å². The zero-order valence-electron chi connectivity index (χ0n) is 22.1. The summed E-state index contributed by atoms with van der Waals surface area (Å²) in [5.41, 5.74) is 10.1. The van der Waals surface area contributed by atoms with E-state index in [1.54, 1.807) is 5.57 Å². The van der Waals surface area contributed by atoms with Gasteiger partial charge in [-0.05, 0) is 86.4 Å². The number of hydrogen-bond acceptors (Lipinski definition) is 3. The average molecular weight is 462 g/mol. The lowest BCUT2D eigenvalue weighted by Crippen LogP contribution is -2.68. The predicted molar refractivity (Wildman–Crippen MR) is 140 cm³/mol. The highest BCUT2D eigenvalue weighted by molar-refractivity contribution is 7.81. The molecule has 184 valence electrons. The highest BCUT2D eigenvalue weighted by Crippen LogP contribution is 2.71. The van der Waals surface area contributed by atoms with E-state index in [0.29, 0.717) is 22.9 Å². The lowest BCUT2D eigenvalue weighted by Gasteiger charge is -2.65. The van der Waals surface area contributed by atoms with Gasteiger partial charge in [0, 0.05) is 22.8 Å². The molecule has 0 aromatic heterocycles. The van der Waals surface area contributed by atoms with Crippen LogP contribution < -0.4 is 5.73 Å². The van der Waals surface area contributed by atoms with E-state index in [-0.39, 0.29) is 15.7 Å². The van der Waals surface area contributed by atoms with Crippen molar-refractivity contribution in [2.24, 2.45) is 39.7 Å². The van der Waals surface area contributed by atoms with Gasteiger partial charge in [0.1, 0.15) is 0 Å². The van der Waals surface area contributed by atoms with E-state index >= 15 is 0 Å². The van der Waals surface area contributed by atoms with Crippen LogP contribution in [0, 0.1) is 34.0 Å². The Bertz CT molecular complexity index is 742. The molecule has 0 aromatic carbocycles. The fourth-order valence-corrected chi connectivity index (χ4v) is 9.29. The molecule has 3 heteroatoms. The third kappa shape index (κ3) is 3.67. The summed E-state index contributed by atoms with van der Waals surface area (Å²) in [4.78, 5) is 0. The Morgan fingerprint density at radius 2 is 1.84 bits per heavy atom. The predicted octanol–water partition coefficient (Wildman–Crippen LogP) is 7.57. The monoisotopic (exact) mass is 461 g/mol. The van der Waals surface area contributed by atoms with E-state index in [9.17, 15) is 0 Å². The van der Waals surface area contributed by atoms with Crippen molar-refractivity contribution < 1.29 is 4.74 Å². The van der Waals surface area contributed by atoms with Gasteiger partial charge >= 0.3 is 0 Å². The van der Waals surface area contributed by atoms with Gasteiger partial charge in [0.25, 0.3) is 0 Å².